The minimum absolute atomic E-state index is 0.342. The average Bonchev–Trinajstić information content (AvgIpc) is 2.34. The van der Waals surface area contributed by atoms with E-state index in [1.807, 2.05) is 0 Å². The van der Waals surface area contributed by atoms with Crippen LogP contribution in [0.2, 0.25) is 0 Å². The fraction of sp³-hybridized carbons (Fsp3) is 1.00. The molecule has 0 saturated carbocycles. The van der Waals surface area contributed by atoms with Gasteiger partial charge in [-0.2, -0.15) is 0 Å². The Balaban J connectivity index is 2.03. The number of rotatable bonds is 0. The van der Waals surface area contributed by atoms with Gasteiger partial charge in [-0.05, 0) is 13.5 Å². The van der Waals surface area contributed by atoms with Crippen molar-refractivity contribution in [3.8, 4) is 0 Å². The summed E-state index contributed by atoms with van der Waals surface area (Å²) in [6.45, 7) is 3.39. The molecule has 0 N–H and O–H groups in total. The van der Waals surface area contributed by atoms with E-state index in [0.29, 0.717) is 5.60 Å². The minimum atomic E-state index is 0.342. The van der Waals surface area contributed by atoms with Gasteiger partial charge in [0, 0.05) is 13.1 Å². The summed E-state index contributed by atoms with van der Waals surface area (Å²) in [7, 11) is 2.15. The molecule has 0 aliphatic carbocycles. The molecule has 0 aromatic rings. The molecule has 2 aliphatic rings. The van der Waals surface area contributed by atoms with Gasteiger partial charge in [0.2, 0.25) is 0 Å². The van der Waals surface area contributed by atoms with Gasteiger partial charge in [0.1, 0.15) is 5.60 Å². The van der Waals surface area contributed by atoms with Crippen LogP contribution in [0.3, 0.4) is 0 Å². The van der Waals surface area contributed by atoms with Crippen molar-refractivity contribution in [1.29, 1.82) is 0 Å². The van der Waals surface area contributed by atoms with Crippen molar-refractivity contribution in [2.45, 2.75) is 12.0 Å². The first kappa shape index (κ1) is 4.77. The van der Waals surface area contributed by atoms with Crippen LogP contribution < -0.4 is 0 Å². The topological polar surface area (TPSA) is 15.8 Å². The number of epoxide rings is 1. The second-order valence-corrected chi connectivity index (χ2v) is 2.96. The highest BCUT2D eigenvalue weighted by Crippen LogP contribution is 2.35. The van der Waals surface area contributed by atoms with E-state index < -0.39 is 0 Å². The maximum Gasteiger partial charge on any atom is 0.105 e. The Bertz CT molecular complexity index is 109. The molecule has 46 valence electrons. The fourth-order valence-corrected chi connectivity index (χ4v) is 1.38. The SMILES string of the molecule is CN1CC[C@]2(CO2)C1. The molecule has 0 radical (unpaired) electrons. The average molecular weight is 113 g/mol. The van der Waals surface area contributed by atoms with Gasteiger partial charge >= 0.3 is 0 Å². The third-order valence-electron chi connectivity index (χ3n) is 2.06. The van der Waals surface area contributed by atoms with E-state index in [0.717, 1.165) is 13.2 Å². The number of hydrogen-bond acceptors (Lipinski definition) is 2. The van der Waals surface area contributed by atoms with Crippen LogP contribution in [0.25, 0.3) is 0 Å². The maximum absolute atomic E-state index is 5.29. The highest BCUT2D eigenvalue weighted by atomic mass is 16.6. The fourth-order valence-electron chi connectivity index (χ4n) is 1.38. The molecule has 2 saturated heterocycles. The van der Waals surface area contributed by atoms with Crippen molar-refractivity contribution in [3.63, 3.8) is 0 Å². The van der Waals surface area contributed by atoms with Gasteiger partial charge in [0.15, 0.2) is 0 Å². The van der Waals surface area contributed by atoms with Gasteiger partial charge in [0.25, 0.3) is 0 Å². The van der Waals surface area contributed by atoms with Gasteiger partial charge in [-0.15, -0.1) is 0 Å². The predicted molar refractivity (Wildman–Crippen MR) is 30.8 cm³/mol. The largest absolute Gasteiger partial charge is 0.368 e. The van der Waals surface area contributed by atoms with Crippen molar-refractivity contribution in [2.24, 2.45) is 0 Å². The first-order valence-electron chi connectivity index (χ1n) is 3.13. The molecule has 0 aromatic heterocycles. The Morgan fingerprint density at radius 2 is 2.38 bits per heavy atom. The van der Waals surface area contributed by atoms with Crippen molar-refractivity contribution < 1.29 is 4.74 Å². The number of nitrogens with zero attached hydrogens (tertiary/aromatic N) is 1. The highest BCUT2D eigenvalue weighted by Gasteiger charge is 2.48. The summed E-state index contributed by atoms with van der Waals surface area (Å²) in [5.74, 6) is 0. The maximum atomic E-state index is 5.29. The number of likely N-dealkylation sites (tertiary alicyclic amines) is 1. The second kappa shape index (κ2) is 1.25. The summed E-state index contributed by atoms with van der Waals surface area (Å²) in [6.07, 6.45) is 1.25. The van der Waals surface area contributed by atoms with Crippen molar-refractivity contribution in [1.82, 2.24) is 4.90 Å². The van der Waals surface area contributed by atoms with Crippen LogP contribution in [-0.2, 0) is 4.74 Å². The zero-order valence-electron chi connectivity index (χ0n) is 5.18. The molecule has 2 nitrogen and oxygen atoms in total. The minimum Gasteiger partial charge on any atom is -0.368 e. The van der Waals surface area contributed by atoms with Gasteiger partial charge in [-0.25, -0.2) is 0 Å². The molecular formula is C6H11NO. The zero-order chi connectivity index (χ0) is 5.61. The lowest BCUT2D eigenvalue weighted by Gasteiger charge is -2.03. The molecule has 0 aromatic carbocycles. The Kier molecular flexibility index (Phi) is 0.746. The molecule has 0 bridgehead atoms. The third-order valence-corrected chi connectivity index (χ3v) is 2.06. The lowest BCUT2D eigenvalue weighted by atomic mass is 10.1. The number of hydrogen-bond donors (Lipinski definition) is 0. The Morgan fingerprint density at radius 3 is 2.62 bits per heavy atom. The second-order valence-electron chi connectivity index (χ2n) is 2.96. The molecule has 2 aliphatic heterocycles. The molecule has 1 spiro atoms. The van der Waals surface area contributed by atoms with E-state index >= 15 is 0 Å². The van der Waals surface area contributed by atoms with Gasteiger partial charge < -0.3 is 9.64 Å². The summed E-state index contributed by atoms with van der Waals surface area (Å²) in [6, 6.07) is 0. The molecule has 1 atom stereocenters. The summed E-state index contributed by atoms with van der Waals surface area (Å²) < 4.78 is 5.29. The van der Waals surface area contributed by atoms with E-state index in [1.165, 1.54) is 13.0 Å². The Labute approximate surface area is 49.4 Å². The Hall–Kier alpha value is -0.0800. The van der Waals surface area contributed by atoms with Gasteiger partial charge in [-0.1, -0.05) is 0 Å². The van der Waals surface area contributed by atoms with Crippen LogP contribution in [0, 0.1) is 0 Å². The summed E-state index contributed by atoms with van der Waals surface area (Å²) in [5, 5.41) is 0. The molecule has 2 fully saturated rings. The molecule has 2 heterocycles. The molecule has 0 unspecified atom stereocenters. The first-order valence-corrected chi connectivity index (χ1v) is 3.13. The van der Waals surface area contributed by atoms with Crippen LogP contribution in [0.4, 0.5) is 0 Å². The monoisotopic (exact) mass is 113 g/mol. The normalized spacial score (nSPS) is 46.1. The van der Waals surface area contributed by atoms with Crippen molar-refractivity contribution >= 4 is 0 Å². The van der Waals surface area contributed by atoms with Crippen LogP contribution in [-0.4, -0.2) is 37.2 Å². The third kappa shape index (κ3) is 0.565. The quantitative estimate of drug-likeness (QED) is 0.414. The van der Waals surface area contributed by atoms with E-state index in [1.54, 1.807) is 0 Å². The molecule has 2 heteroatoms. The van der Waals surface area contributed by atoms with Crippen molar-refractivity contribution in [3.05, 3.63) is 0 Å². The van der Waals surface area contributed by atoms with Crippen molar-refractivity contribution in [2.75, 3.05) is 26.7 Å². The summed E-state index contributed by atoms with van der Waals surface area (Å²) in [4.78, 5) is 2.33. The van der Waals surface area contributed by atoms with E-state index in [-0.39, 0.29) is 0 Å². The zero-order valence-corrected chi connectivity index (χ0v) is 5.18. The smallest absolute Gasteiger partial charge is 0.105 e. The van der Waals surface area contributed by atoms with Crippen LogP contribution in [0.1, 0.15) is 6.42 Å². The number of ether oxygens (including phenoxy) is 1. The summed E-state index contributed by atoms with van der Waals surface area (Å²) in [5.41, 5.74) is 0.342. The number of likely N-dealkylation sites (N-methyl/N-ethyl adjacent to an activating group) is 1. The lowest BCUT2D eigenvalue weighted by molar-refractivity contribution is 0.297. The molecule has 2 rings (SSSR count). The van der Waals surface area contributed by atoms with Crippen LogP contribution >= 0.6 is 0 Å². The van der Waals surface area contributed by atoms with Crippen LogP contribution in [0.15, 0.2) is 0 Å². The lowest BCUT2D eigenvalue weighted by Crippen LogP contribution is -2.18. The Morgan fingerprint density at radius 1 is 1.62 bits per heavy atom. The molecule has 8 heavy (non-hydrogen) atoms. The highest BCUT2D eigenvalue weighted by molar-refractivity contribution is 4.99. The van der Waals surface area contributed by atoms with Crippen LogP contribution in [0.5, 0.6) is 0 Å². The molecule has 0 amide bonds. The van der Waals surface area contributed by atoms with E-state index in [9.17, 15) is 0 Å². The van der Waals surface area contributed by atoms with Gasteiger partial charge in [0.05, 0.1) is 6.61 Å². The van der Waals surface area contributed by atoms with Gasteiger partial charge in [-0.3, -0.25) is 0 Å². The standard InChI is InChI=1S/C6H11NO/c1-7-3-2-6(4-7)5-8-6/h2-5H2,1H3/t6-/m1/s1. The van der Waals surface area contributed by atoms with E-state index in [4.69, 9.17) is 4.74 Å². The predicted octanol–water partition coefficient (Wildman–Crippen LogP) is 0.0909. The van der Waals surface area contributed by atoms with E-state index in [2.05, 4.69) is 11.9 Å². The first-order chi connectivity index (χ1) is 3.81. The molecular weight excluding hydrogens is 102 g/mol. The summed E-state index contributed by atoms with van der Waals surface area (Å²) >= 11 is 0.